The minimum absolute atomic E-state index is 0.00823. The van der Waals surface area contributed by atoms with Crippen LogP contribution in [-0.4, -0.2) is 15.1 Å². The summed E-state index contributed by atoms with van der Waals surface area (Å²) in [7, 11) is 0. The normalized spacial score (nSPS) is 11.5. The summed E-state index contributed by atoms with van der Waals surface area (Å²) in [5.74, 6) is 0.222. The van der Waals surface area contributed by atoms with Crippen LogP contribution in [0.1, 0.15) is 11.1 Å². The molecule has 0 saturated heterocycles. The molecule has 0 radical (unpaired) electrons. The molecule has 1 aromatic heterocycles. The van der Waals surface area contributed by atoms with Crippen molar-refractivity contribution in [2.45, 2.75) is 23.2 Å². The summed E-state index contributed by atoms with van der Waals surface area (Å²) in [4.78, 5) is 10.2. The van der Waals surface area contributed by atoms with E-state index in [-0.39, 0.29) is 16.0 Å². The summed E-state index contributed by atoms with van der Waals surface area (Å²) in [5, 5.41) is 18.8. The highest BCUT2D eigenvalue weighted by Gasteiger charge is 2.33. The van der Waals surface area contributed by atoms with Gasteiger partial charge in [-0.05, 0) is 42.4 Å². The maximum atomic E-state index is 12.7. The van der Waals surface area contributed by atoms with Gasteiger partial charge in [0.05, 0.1) is 15.4 Å². The topological polar surface area (TPSA) is 82.1 Å². The van der Waals surface area contributed by atoms with Crippen LogP contribution in [-0.2, 0) is 6.18 Å². The number of rotatable bonds is 4. The first-order chi connectivity index (χ1) is 12.3. The van der Waals surface area contributed by atoms with Gasteiger partial charge in [-0.15, -0.1) is 10.2 Å². The number of hydrogen-bond donors (Lipinski definition) is 0. The lowest BCUT2D eigenvalue weighted by Gasteiger charge is -2.07. The van der Waals surface area contributed by atoms with Crippen molar-refractivity contribution >= 4 is 17.4 Å². The van der Waals surface area contributed by atoms with Gasteiger partial charge in [0, 0.05) is 11.6 Å². The Hall–Kier alpha value is -2.88. The first-order valence-electron chi connectivity index (χ1n) is 7.18. The predicted octanol–water partition coefficient (Wildman–Crippen LogP) is 5.12. The Balaban J connectivity index is 1.92. The summed E-state index contributed by atoms with van der Waals surface area (Å²) in [6.07, 6.45) is -4.67. The van der Waals surface area contributed by atoms with E-state index in [1.807, 2.05) is 19.1 Å². The number of nitro groups is 1. The molecule has 0 aliphatic carbocycles. The van der Waals surface area contributed by atoms with E-state index < -0.39 is 22.4 Å². The van der Waals surface area contributed by atoms with E-state index in [9.17, 15) is 23.3 Å². The van der Waals surface area contributed by atoms with E-state index >= 15 is 0 Å². The van der Waals surface area contributed by atoms with Crippen LogP contribution in [0, 0.1) is 17.0 Å². The molecule has 0 spiro atoms. The van der Waals surface area contributed by atoms with Crippen LogP contribution in [0.2, 0.25) is 0 Å². The van der Waals surface area contributed by atoms with Gasteiger partial charge in [0.1, 0.15) is 0 Å². The summed E-state index contributed by atoms with van der Waals surface area (Å²) in [6.45, 7) is 1.85. The zero-order chi connectivity index (χ0) is 18.9. The van der Waals surface area contributed by atoms with Crippen molar-refractivity contribution in [2.24, 2.45) is 0 Å². The Morgan fingerprint density at radius 1 is 1.15 bits per heavy atom. The fourth-order valence-corrected chi connectivity index (χ4v) is 2.95. The van der Waals surface area contributed by atoms with Gasteiger partial charge in [-0.25, -0.2) is 0 Å². The zero-order valence-corrected chi connectivity index (χ0v) is 14.0. The van der Waals surface area contributed by atoms with Crippen molar-refractivity contribution in [2.75, 3.05) is 0 Å². The average molecular weight is 381 g/mol. The van der Waals surface area contributed by atoms with Gasteiger partial charge in [-0.3, -0.25) is 10.1 Å². The molecule has 10 heteroatoms. The smallest absolute Gasteiger partial charge is 0.411 e. The standard InChI is InChI=1S/C16H10F3N3O3S/c1-9-4-2-3-5-11(9)14-20-21-15(25-14)26-13-7-6-10(16(17,18)19)8-12(13)22(23)24/h2-8H,1H3. The van der Waals surface area contributed by atoms with E-state index in [0.29, 0.717) is 11.6 Å². The Bertz CT molecular complexity index is 973. The number of hydrogen-bond acceptors (Lipinski definition) is 6. The molecule has 0 aliphatic heterocycles. The monoisotopic (exact) mass is 381 g/mol. The molecule has 0 amide bonds. The molecule has 3 aromatic rings. The van der Waals surface area contributed by atoms with Crippen molar-refractivity contribution in [1.29, 1.82) is 0 Å². The Morgan fingerprint density at radius 3 is 2.54 bits per heavy atom. The summed E-state index contributed by atoms with van der Waals surface area (Å²) in [5.41, 5.74) is -0.179. The molecule has 0 bridgehead atoms. The van der Waals surface area contributed by atoms with E-state index in [0.717, 1.165) is 29.5 Å². The quantitative estimate of drug-likeness (QED) is 0.461. The van der Waals surface area contributed by atoms with Gasteiger partial charge in [-0.1, -0.05) is 18.2 Å². The van der Waals surface area contributed by atoms with Crippen molar-refractivity contribution < 1.29 is 22.5 Å². The maximum absolute atomic E-state index is 12.7. The lowest BCUT2D eigenvalue weighted by Crippen LogP contribution is -2.05. The lowest BCUT2D eigenvalue weighted by atomic mass is 10.1. The first-order valence-corrected chi connectivity index (χ1v) is 8.00. The van der Waals surface area contributed by atoms with Gasteiger partial charge in [-0.2, -0.15) is 13.2 Å². The van der Waals surface area contributed by atoms with Crippen molar-refractivity contribution in [3.63, 3.8) is 0 Å². The molecular weight excluding hydrogens is 371 g/mol. The molecule has 0 fully saturated rings. The molecule has 26 heavy (non-hydrogen) atoms. The molecule has 1 heterocycles. The van der Waals surface area contributed by atoms with Crippen LogP contribution in [0.5, 0.6) is 0 Å². The highest BCUT2D eigenvalue weighted by Crippen LogP contribution is 2.39. The second-order valence-electron chi connectivity index (χ2n) is 5.23. The Morgan fingerprint density at radius 2 is 1.88 bits per heavy atom. The molecule has 0 aliphatic rings. The minimum atomic E-state index is -4.67. The van der Waals surface area contributed by atoms with Crippen molar-refractivity contribution in [1.82, 2.24) is 10.2 Å². The van der Waals surface area contributed by atoms with E-state index in [4.69, 9.17) is 4.42 Å². The molecule has 0 unspecified atom stereocenters. The summed E-state index contributed by atoms with van der Waals surface area (Å²) < 4.78 is 43.7. The molecule has 0 atom stereocenters. The summed E-state index contributed by atoms with van der Waals surface area (Å²) >= 11 is 0.734. The number of aryl methyl sites for hydroxylation is 1. The third-order valence-corrected chi connectivity index (χ3v) is 4.37. The fraction of sp³-hybridized carbons (Fsp3) is 0.125. The second kappa shape index (κ2) is 6.79. The molecule has 134 valence electrons. The van der Waals surface area contributed by atoms with Crippen LogP contribution in [0.15, 0.2) is 57.0 Å². The van der Waals surface area contributed by atoms with Crippen LogP contribution in [0.4, 0.5) is 18.9 Å². The highest BCUT2D eigenvalue weighted by atomic mass is 32.2. The number of aromatic nitrogens is 2. The fourth-order valence-electron chi connectivity index (χ4n) is 2.19. The van der Waals surface area contributed by atoms with Crippen molar-refractivity contribution in [3.8, 4) is 11.5 Å². The van der Waals surface area contributed by atoms with Crippen LogP contribution < -0.4 is 0 Å². The zero-order valence-electron chi connectivity index (χ0n) is 13.1. The Labute approximate surface area is 149 Å². The summed E-state index contributed by atoms with van der Waals surface area (Å²) in [6, 6.07) is 9.54. The van der Waals surface area contributed by atoms with Gasteiger partial charge >= 0.3 is 6.18 Å². The minimum Gasteiger partial charge on any atom is -0.411 e. The largest absolute Gasteiger partial charge is 0.416 e. The van der Waals surface area contributed by atoms with Crippen LogP contribution in [0.25, 0.3) is 11.5 Å². The lowest BCUT2D eigenvalue weighted by molar-refractivity contribution is -0.388. The highest BCUT2D eigenvalue weighted by molar-refractivity contribution is 7.99. The second-order valence-corrected chi connectivity index (χ2v) is 6.22. The molecule has 2 aromatic carbocycles. The SMILES string of the molecule is Cc1ccccc1-c1nnc(Sc2ccc(C(F)(F)F)cc2[N+](=O)[O-])o1. The van der Waals surface area contributed by atoms with Gasteiger partial charge in [0.25, 0.3) is 10.9 Å². The molecular formula is C16H10F3N3O3S. The predicted molar refractivity (Wildman–Crippen MR) is 86.7 cm³/mol. The molecule has 6 nitrogen and oxygen atoms in total. The molecule has 0 saturated carbocycles. The third kappa shape index (κ3) is 3.69. The van der Waals surface area contributed by atoms with Gasteiger partial charge in [0.2, 0.25) is 5.89 Å². The number of nitro benzene ring substituents is 1. The van der Waals surface area contributed by atoms with Gasteiger partial charge in [0.15, 0.2) is 0 Å². The Kier molecular flexibility index (Phi) is 4.68. The third-order valence-electron chi connectivity index (χ3n) is 3.46. The van der Waals surface area contributed by atoms with Gasteiger partial charge < -0.3 is 4.42 Å². The number of nitrogens with zero attached hydrogens (tertiary/aromatic N) is 3. The van der Waals surface area contributed by atoms with Crippen molar-refractivity contribution in [3.05, 3.63) is 63.7 Å². The maximum Gasteiger partial charge on any atom is 0.416 e. The van der Waals surface area contributed by atoms with E-state index in [1.54, 1.807) is 12.1 Å². The number of alkyl halides is 3. The number of benzene rings is 2. The van der Waals surface area contributed by atoms with E-state index in [2.05, 4.69) is 10.2 Å². The number of halogens is 3. The van der Waals surface area contributed by atoms with E-state index in [1.165, 1.54) is 0 Å². The molecule has 0 N–H and O–H groups in total. The first kappa shape index (κ1) is 17.9. The molecule has 3 rings (SSSR count). The average Bonchev–Trinajstić information content (AvgIpc) is 3.02. The van der Waals surface area contributed by atoms with Crippen LogP contribution in [0.3, 0.4) is 0 Å². The van der Waals surface area contributed by atoms with Crippen LogP contribution >= 0.6 is 11.8 Å².